The van der Waals surface area contributed by atoms with Crippen molar-refractivity contribution in [3.05, 3.63) is 58.7 Å². The highest BCUT2D eigenvalue weighted by Crippen LogP contribution is 2.38. The molecule has 0 spiro atoms. The predicted molar refractivity (Wildman–Crippen MR) is 115 cm³/mol. The van der Waals surface area contributed by atoms with Gasteiger partial charge in [0.25, 0.3) is 0 Å². The number of hydrogen-bond donors (Lipinski definition) is 2. The molecule has 1 atom stereocenters. The van der Waals surface area contributed by atoms with Crippen LogP contribution in [0.5, 0.6) is 0 Å². The van der Waals surface area contributed by atoms with Gasteiger partial charge in [0.1, 0.15) is 0 Å². The van der Waals surface area contributed by atoms with Crippen molar-refractivity contribution < 1.29 is 22.9 Å². The van der Waals surface area contributed by atoms with Gasteiger partial charge in [0.2, 0.25) is 11.7 Å². The molecule has 0 aromatic carbocycles. The van der Waals surface area contributed by atoms with E-state index in [0.29, 0.717) is 5.56 Å². The molecule has 3 aromatic rings. The minimum absolute atomic E-state index is 0.0691. The number of nitrogen functional groups attached to an aromatic ring is 1. The Labute approximate surface area is 191 Å². The summed E-state index contributed by atoms with van der Waals surface area (Å²) in [5.74, 6) is -2.26. The minimum atomic E-state index is -4.54. The Morgan fingerprint density at radius 3 is 2.65 bits per heavy atom. The second-order valence-corrected chi connectivity index (χ2v) is 7.95. The molecule has 13 heteroatoms. The molecule has 34 heavy (non-hydrogen) atoms. The Bertz CT molecular complexity index is 1210. The zero-order valence-electron chi connectivity index (χ0n) is 17.7. The first-order chi connectivity index (χ1) is 16.1. The third-order valence-electron chi connectivity index (χ3n) is 5.43. The SMILES string of the molecule is Nc1nccc(-c2cnn(-c3ccc(C(CCC(=O)NC4CC4)C(F)(F)F)cn3)c2)c1[N+](=O)[O-]. The number of halogens is 3. The molecule has 10 nitrogen and oxygen atoms in total. The molecule has 4 rings (SSSR count). The Hall–Kier alpha value is -4.03. The maximum atomic E-state index is 13.6. The number of pyridine rings is 2. The Morgan fingerprint density at radius 2 is 2.03 bits per heavy atom. The summed E-state index contributed by atoms with van der Waals surface area (Å²) in [5, 5.41) is 18.1. The maximum Gasteiger partial charge on any atom is 0.395 e. The first-order valence-electron chi connectivity index (χ1n) is 10.4. The summed E-state index contributed by atoms with van der Waals surface area (Å²) in [7, 11) is 0. The van der Waals surface area contributed by atoms with Crippen LogP contribution in [0.2, 0.25) is 0 Å². The zero-order valence-corrected chi connectivity index (χ0v) is 17.7. The monoisotopic (exact) mass is 475 g/mol. The van der Waals surface area contributed by atoms with Crippen molar-refractivity contribution >= 4 is 17.4 Å². The largest absolute Gasteiger partial charge is 0.395 e. The van der Waals surface area contributed by atoms with Gasteiger partial charge in [0, 0.05) is 36.6 Å². The maximum absolute atomic E-state index is 13.6. The second kappa shape index (κ2) is 9.08. The lowest BCUT2D eigenvalue weighted by Gasteiger charge is -2.20. The quantitative estimate of drug-likeness (QED) is 0.375. The van der Waals surface area contributed by atoms with Crippen molar-refractivity contribution in [1.29, 1.82) is 0 Å². The van der Waals surface area contributed by atoms with Crippen LogP contribution in [0, 0.1) is 10.1 Å². The van der Waals surface area contributed by atoms with Gasteiger partial charge in [-0.15, -0.1) is 0 Å². The number of hydrogen-bond acceptors (Lipinski definition) is 7. The van der Waals surface area contributed by atoms with E-state index in [1.54, 1.807) is 0 Å². The van der Waals surface area contributed by atoms with Crippen LogP contribution in [0.4, 0.5) is 24.7 Å². The molecule has 3 N–H and O–H groups in total. The Kier molecular flexibility index (Phi) is 6.18. The van der Waals surface area contributed by atoms with Crippen LogP contribution < -0.4 is 11.1 Å². The van der Waals surface area contributed by atoms with E-state index in [0.717, 1.165) is 19.0 Å². The van der Waals surface area contributed by atoms with E-state index < -0.39 is 22.9 Å². The van der Waals surface area contributed by atoms with Crippen LogP contribution in [0.15, 0.2) is 43.0 Å². The Balaban J connectivity index is 1.53. The summed E-state index contributed by atoms with van der Waals surface area (Å²) in [6, 6.07) is 4.15. The highest BCUT2D eigenvalue weighted by molar-refractivity contribution is 5.78. The highest BCUT2D eigenvalue weighted by Gasteiger charge is 2.41. The predicted octanol–water partition coefficient (Wildman–Crippen LogP) is 3.52. The van der Waals surface area contributed by atoms with Crippen LogP contribution in [0.1, 0.15) is 37.2 Å². The molecular formula is C21H20F3N7O3. The van der Waals surface area contributed by atoms with E-state index in [1.165, 1.54) is 41.5 Å². The standard InChI is InChI=1S/C21H20F3N7O3/c22-21(23,24)16(4-6-18(32)29-14-2-3-14)12-1-5-17(27-9-12)30-11-13(10-28-30)15-7-8-26-20(25)19(15)31(33)34/h1,5,7-11,14,16H,2-4,6H2,(H2,25,26)(H,29,32). The van der Waals surface area contributed by atoms with Gasteiger partial charge < -0.3 is 11.1 Å². The van der Waals surface area contributed by atoms with E-state index in [-0.39, 0.29) is 47.3 Å². The number of rotatable bonds is 8. The topological polar surface area (TPSA) is 142 Å². The third-order valence-corrected chi connectivity index (χ3v) is 5.43. The van der Waals surface area contributed by atoms with Gasteiger partial charge in [-0.25, -0.2) is 14.6 Å². The number of nitrogens with two attached hydrogens (primary N) is 1. The summed E-state index contributed by atoms with van der Waals surface area (Å²) in [4.78, 5) is 30.3. The Morgan fingerprint density at radius 1 is 1.26 bits per heavy atom. The summed E-state index contributed by atoms with van der Waals surface area (Å²) < 4.78 is 42.2. The number of nitro groups is 1. The third kappa shape index (κ3) is 5.13. The molecular weight excluding hydrogens is 455 g/mol. The van der Waals surface area contributed by atoms with Gasteiger partial charge >= 0.3 is 11.9 Å². The summed E-state index contributed by atoms with van der Waals surface area (Å²) in [6.45, 7) is 0. The number of amides is 1. The van der Waals surface area contributed by atoms with Crippen LogP contribution in [-0.4, -0.2) is 42.8 Å². The van der Waals surface area contributed by atoms with Crippen LogP contribution >= 0.6 is 0 Å². The van der Waals surface area contributed by atoms with Gasteiger partial charge in [-0.2, -0.15) is 18.3 Å². The molecule has 0 bridgehead atoms. The van der Waals surface area contributed by atoms with Gasteiger partial charge in [-0.1, -0.05) is 6.07 Å². The van der Waals surface area contributed by atoms with Crippen LogP contribution in [-0.2, 0) is 4.79 Å². The summed E-state index contributed by atoms with van der Waals surface area (Å²) in [5.41, 5.74) is 5.74. The van der Waals surface area contributed by atoms with Gasteiger partial charge in [0.05, 0.1) is 22.6 Å². The number of nitrogens with zero attached hydrogens (tertiary/aromatic N) is 5. The number of anilines is 1. The van der Waals surface area contributed by atoms with Crippen molar-refractivity contribution in [2.24, 2.45) is 0 Å². The van der Waals surface area contributed by atoms with Crippen molar-refractivity contribution in [2.75, 3.05) is 5.73 Å². The number of aromatic nitrogens is 4. The van der Waals surface area contributed by atoms with Crippen molar-refractivity contribution in [3.8, 4) is 16.9 Å². The van der Waals surface area contributed by atoms with Gasteiger partial charge in [0.15, 0.2) is 5.82 Å². The van der Waals surface area contributed by atoms with Crippen molar-refractivity contribution in [2.45, 2.75) is 43.8 Å². The fraction of sp³-hybridized carbons (Fsp3) is 0.333. The normalized spacial score (nSPS) is 14.6. The lowest BCUT2D eigenvalue weighted by molar-refractivity contribution is -0.383. The van der Waals surface area contributed by atoms with Gasteiger partial charge in [-0.3, -0.25) is 14.9 Å². The van der Waals surface area contributed by atoms with E-state index in [2.05, 4.69) is 20.4 Å². The lowest BCUT2D eigenvalue weighted by Crippen LogP contribution is -2.28. The molecule has 1 fully saturated rings. The van der Waals surface area contributed by atoms with Crippen LogP contribution in [0.3, 0.4) is 0 Å². The molecule has 1 unspecified atom stereocenters. The zero-order chi connectivity index (χ0) is 24.5. The molecule has 178 valence electrons. The lowest BCUT2D eigenvalue weighted by atomic mass is 9.94. The molecule has 1 aliphatic carbocycles. The number of carbonyl (C=O) groups is 1. The second-order valence-electron chi connectivity index (χ2n) is 7.95. The number of carbonyl (C=O) groups excluding carboxylic acids is 1. The smallest absolute Gasteiger partial charge is 0.378 e. The highest BCUT2D eigenvalue weighted by atomic mass is 19.4. The molecule has 0 radical (unpaired) electrons. The summed E-state index contributed by atoms with van der Waals surface area (Å²) in [6.07, 6.45) is 1.78. The van der Waals surface area contributed by atoms with Crippen LogP contribution in [0.25, 0.3) is 16.9 Å². The first-order valence-corrected chi connectivity index (χ1v) is 10.4. The fourth-order valence-corrected chi connectivity index (χ4v) is 3.54. The van der Waals surface area contributed by atoms with E-state index >= 15 is 0 Å². The number of nitrogens with one attached hydrogen (secondary N) is 1. The average Bonchev–Trinajstić information content (AvgIpc) is 3.44. The van der Waals surface area contributed by atoms with Crippen molar-refractivity contribution in [3.63, 3.8) is 0 Å². The van der Waals surface area contributed by atoms with E-state index in [9.17, 15) is 28.1 Å². The van der Waals surface area contributed by atoms with Crippen molar-refractivity contribution in [1.82, 2.24) is 25.1 Å². The first kappa shape index (κ1) is 23.1. The minimum Gasteiger partial charge on any atom is -0.378 e. The molecule has 1 saturated carbocycles. The number of alkyl halides is 3. The molecule has 1 aliphatic rings. The summed E-state index contributed by atoms with van der Waals surface area (Å²) >= 11 is 0. The molecule has 1 amide bonds. The molecule has 0 saturated heterocycles. The van der Waals surface area contributed by atoms with E-state index in [4.69, 9.17) is 5.73 Å². The average molecular weight is 475 g/mol. The molecule has 3 aromatic heterocycles. The fourth-order valence-electron chi connectivity index (χ4n) is 3.54. The molecule has 3 heterocycles. The van der Waals surface area contributed by atoms with Gasteiger partial charge in [-0.05, 0) is 37.0 Å². The van der Waals surface area contributed by atoms with E-state index in [1.807, 2.05) is 0 Å². The molecule has 0 aliphatic heterocycles.